The number of halogens is 1. The molecular weight excluding hydrogens is 328 g/mol. The first-order valence-electron chi connectivity index (χ1n) is 6.16. The first kappa shape index (κ1) is 16.1. The van der Waals surface area contributed by atoms with Crippen LogP contribution < -0.4 is 0 Å². The standard InChI is InChI=1S/C14H17BrO3S/c1-3-5-6-10(4-2)14(17)18-9-11(16)12-7-8-13(15)19-12/h4,7-8,10H,2-3,5-6,9H2,1H3. The molecule has 5 heteroatoms. The fraction of sp³-hybridized carbons (Fsp3) is 0.429. The lowest BCUT2D eigenvalue weighted by molar-refractivity contribution is -0.145. The maximum absolute atomic E-state index is 11.8. The van der Waals surface area contributed by atoms with Crippen LogP contribution >= 0.6 is 27.3 Å². The van der Waals surface area contributed by atoms with Crippen molar-refractivity contribution < 1.29 is 14.3 Å². The quantitative estimate of drug-likeness (QED) is 0.402. The number of ketones is 1. The lowest BCUT2D eigenvalue weighted by Crippen LogP contribution is -2.19. The topological polar surface area (TPSA) is 43.4 Å². The Morgan fingerprint density at radius 3 is 2.79 bits per heavy atom. The number of carbonyl (C=O) groups is 2. The first-order valence-corrected chi connectivity index (χ1v) is 7.77. The number of unbranched alkanes of at least 4 members (excludes halogenated alkanes) is 1. The average Bonchev–Trinajstić information content (AvgIpc) is 2.83. The summed E-state index contributed by atoms with van der Waals surface area (Å²) in [4.78, 5) is 24.1. The van der Waals surface area contributed by atoms with E-state index in [9.17, 15) is 9.59 Å². The van der Waals surface area contributed by atoms with Crippen molar-refractivity contribution >= 4 is 39.0 Å². The van der Waals surface area contributed by atoms with Crippen LogP contribution in [0.1, 0.15) is 35.9 Å². The summed E-state index contributed by atoms with van der Waals surface area (Å²) in [5.74, 6) is -0.863. The Labute approximate surface area is 125 Å². The van der Waals surface area contributed by atoms with Crippen molar-refractivity contribution in [1.82, 2.24) is 0 Å². The van der Waals surface area contributed by atoms with E-state index in [2.05, 4.69) is 29.4 Å². The van der Waals surface area contributed by atoms with E-state index in [1.165, 1.54) is 11.3 Å². The molecule has 19 heavy (non-hydrogen) atoms. The van der Waals surface area contributed by atoms with Crippen molar-refractivity contribution in [3.8, 4) is 0 Å². The van der Waals surface area contributed by atoms with Crippen molar-refractivity contribution in [1.29, 1.82) is 0 Å². The zero-order chi connectivity index (χ0) is 14.3. The summed E-state index contributed by atoms with van der Waals surface area (Å²) in [6.45, 7) is 5.49. The Bertz CT molecular complexity index is 453. The van der Waals surface area contributed by atoms with Crippen molar-refractivity contribution in [3.05, 3.63) is 33.5 Å². The zero-order valence-corrected chi connectivity index (χ0v) is 13.3. The summed E-state index contributed by atoms with van der Waals surface area (Å²) >= 11 is 4.62. The zero-order valence-electron chi connectivity index (χ0n) is 10.9. The molecule has 1 aromatic rings. The van der Waals surface area contributed by atoms with Gasteiger partial charge in [0.15, 0.2) is 6.61 Å². The van der Waals surface area contributed by atoms with Crippen molar-refractivity contribution in [3.63, 3.8) is 0 Å². The minimum Gasteiger partial charge on any atom is -0.457 e. The van der Waals surface area contributed by atoms with Crippen LogP contribution in [0.2, 0.25) is 0 Å². The Morgan fingerprint density at radius 2 is 2.26 bits per heavy atom. The Kier molecular flexibility index (Phi) is 7.02. The fourth-order valence-electron chi connectivity index (χ4n) is 1.53. The van der Waals surface area contributed by atoms with Gasteiger partial charge in [0.1, 0.15) is 0 Å². The van der Waals surface area contributed by atoms with Crippen LogP contribution in [0.3, 0.4) is 0 Å². The molecule has 0 spiro atoms. The van der Waals surface area contributed by atoms with E-state index >= 15 is 0 Å². The lowest BCUT2D eigenvalue weighted by atomic mass is 10.0. The molecule has 3 nitrogen and oxygen atoms in total. The first-order chi connectivity index (χ1) is 9.08. The molecule has 0 saturated carbocycles. The van der Waals surface area contributed by atoms with Crippen molar-refractivity contribution in [2.24, 2.45) is 5.92 Å². The van der Waals surface area contributed by atoms with Gasteiger partial charge in [-0.2, -0.15) is 0 Å². The van der Waals surface area contributed by atoms with Gasteiger partial charge in [-0.3, -0.25) is 9.59 Å². The van der Waals surface area contributed by atoms with Crippen LogP contribution in [0.5, 0.6) is 0 Å². The largest absolute Gasteiger partial charge is 0.457 e. The van der Waals surface area contributed by atoms with Gasteiger partial charge in [-0.15, -0.1) is 17.9 Å². The van der Waals surface area contributed by atoms with E-state index < -0.39 is 0 Å². The van der Waals surface area contributed by atoms with Crippen LogP contribution in [0, 0.1) is 5.92 Å². The maximum atomic E-state index is 11.8. The second-order valence-corrected chi connectivity index (χ2v) is 6.58. The fourth-order valence-corrected chi connectivity index (χ4v) is 2.85. The van der Waals surface area contributed by atoms with Gasteiger partial charge in [-0.25, -0.2) is 0 Å². The van der Waals surface area contributed by atoms with Crippen LogP contribution in [-0.4, -0.2) is 18.4 Å². The summed E-state index contributed by atoms with van der Waals surface area (Å²) in [5, 5.41) is 0. The number of hydrogen-bond donors (Lipinski definition) is 0. The van der Waals surface area contributed by atoms with Gasteiger partial charge < -0.3 is 4.74 Å². The molecule has 1 rings (SSSR count). The van der Waals surface area contributed by atoms with E-state index in [4.69, 9.17) is 4.74 Å². The average molecular weight is 345 g/mol. The third-order valence-corrected chi connectivity index (χ3v) is 4.31. The molecule has 0 fully saturated rings. The SMILES string of the molecule is C=CC(CCCC)C(=O)OCC(=O)c1ccc(Br)s1. The number of Topliss-reactive ketones (excluding diaryl/α,β-unsaturated/α-hetero) is 1. The highest BCUT2D eigenvalue weighted by atomic mass is 79.9. The van der Waals surface area contributed by atoms with Gasteiger partial charge in [-0.1, -0.05) is 25.8 Å². The monoisotopic (exact) mass is 344 g/mol. The van der Waals surface area contributed by atoms with E-state index in [1.807, 2.05) is 0 Å². The van der Waals surface area contributed by atoms with Crippen molar-refractivity contribution in [2.45, 2.75) is 26.2 Å². The van der Waals surface area contributed by atoms with Crippen LogP contribution in [0.4, 0.5) is 0 Å². The Balaban J connectivity index is 2.44. The Morgan fingerprint density at radius 1 is 1.53 bits per heavy atom. The highest BCUT2D eigenvalue weighted by Crippen LogP contribution is 2.22. The van der Waals surface area contributed by atoms with Gasteiger partial charge in [0.25, 0.3) is 0 Å². The molecule has 1 unspecified atom stereocenters. The van der Waals surface area contributed by atoms with E-state index in [1.54, 1.807) is 18.2 Å². The molecule has 1 atom stereocenters. The smallest absolute Gasteiger partial charge is 0.313 e. The molecular formula is C14H17BrO3S. The van der Waals surface area contributed by atoms with Gasteiger partial charge >= 0.3 is 5.97 Å². The summed E-state index contributed by atoms with van der Waals surface area (Å²) in [6.07, 6.45) is 4.26. The number of rotatable bonds is 8. The van der Waals surface area contributed by atoms with Crippen LogP contribution in [0.15, 0.2) is 28.6 Å². The van der Waals surface area contributed by atoms with E-state index in [0.29, 0.717) is 4.88 Å². The molecule has 0 aliphatic heterocycles. The number of ether oxygens (including phenoxy) is 1. The summed E-state index contributed by atoms with van der Waals surface area (Å²) < 4.78 is 5.93. The van der Waals surface area contributed by atoms with Gasteiger partial charge in [-0.05, 0) is 34.5 Å². The second-order valence-electron chi connectivity index (χ2n) is 4.12. The maximum Gasteiger partial charge on any atom is 0.313 e. The molecule has 0 aliphatic rings. The van der Waals surface area contributed by atoms with Gasteiger partial charge in [0, 0.05) is 0 Å². The second kappa shape index (κ2) is 8.27. The number of hydrogen-bond acceptors (Lipinski definition) is 4. The summed E-state index contributed by atoms with van der Waals surface area (Å²) in [6, 6.07) is 3.51. The van der Waals surface area contributed by atoms with E-state index in [-0.39, 0.29) is 24.3 Å². The van der Waals surface area contributed by atoms with Crippen LogP contribution in [-0.2, 0) is 9.53 Å². The highest BCUT2D eigenvalue weighted by Gasteiger charge is 2.18. The lowest BCUT2D eigenvalue weighted by Gasteiger charge is -2.10. The summed E-state index contributed by atoms with van der Waals surface area (Å²) in [7, 11) is 0. The number of carbonyl (C=O) groups excluding carboxylic acids is 2. The molecule has 0 aliphatic carbocycles. The van der Waals surface area contributed by atoms with Gasteiger partial charge in [0.05, 0.1) is 14.6 Å². The van der Waals surface area contributed by atoms with Crippen LogP contribution in [0.25, 0.3) is 0 Å². The van der Waals surface area contributed by atoms with E-state index in [0.717, 1.165) is 23.0 Å². The molecule has 0 aromatic carbocycles. The molecule has 0 saturated heterocycles. The molecule has 104 valence electrons. The minimum absolute atomic E-state index is 0.178. The third-order valence-electron chi connectivity index (χ3n) is 2.65. The molecule has 0 N–H and O–H groups in total. The molecule has 1 heterocycles. The minimum atomic E-state index is -0.368. The Hall–Kier alpha value is -0.940. The molecule has 0 amide bonds. The third kappa shape index (κ3) is 5.28. The predicted octanol–water partition coefficient (Wildman–Crippen LogP) is 4.23. The van der Waals surface area contributed by atoms with Gasteiger partial charge in [0.2, 0.25) is 5.78 Å². The molecule has 1 aromatic heterocycles. The molecule has 0 radical (unpaired) electrons. The number of thiophene rings is 1. The molecule has 0 bridgehead atoms. The van der Waals surface area contributed by atoms with Crippen molar-refractivity contribution in [2.75, 3.05) is 6.61 Å². The normalized spacial score (nSPS) is 11.9. The highest BCUT2D eigenvalue weighted by molar-refractivity contribution is 9.11. The predicted molar refractivity (Wildman–Crippen MR) is 80.5 cm³/mol. The number of esters is 1. The summed E-state index contributed by atoms with van der Waals surface area (Å²) in [5.41, 5.74) is 0.